The van der Waals surface area contributed by atoms with E-state index in [1.807, 2.05) is 6.07 Å². The van der Waals surface area contributed by atoms with Crippen LogP contribution in [-0.2, 0) is 0 Å². The lowest BCUT2D eigenvalue weighted by Gasteiger charge is -2.06. The fourth-order valence-corrected chi connectivity index (χ4v) is 4.35. The van der Waals surface area contributed by atoms with Gasteiger partial charge in [-0.3, -0.25) is 0 Å². The lowest BCUT2D eigenvalue weighted by molar-refractivity contribution is 0.633. The van der Waals surface area contributed by atoms with E-state index in [1.54, 1.807) is 0 Å². The van der Waals surface area contributed by atoms with E-state index in [0.29, 0.717) is 0 Å². The predicted molar refractivity (Wildman–Crippen MR) is 120 cm³/mol. The Labute approximate surface area is 169 Å². The molecule has 136 valence electrons. The number of benzene rings is 1. The first kappa shape index (κ1) is 16.1. The highest BCUT2D eigenvalue weighted by Crippen LogP contribution is 2.48. The third-order valence-corrected chi connectivity index (χ3v) is 5.69. The quantitative estimate of drug-likeness (QED) is 0.301. The summed E-state index contributed by atoms with van der Waals surface area (Å²) in [5, 5.41) is 1.15. The van der Waals surface area contributed by atoms with Gasteiger partial charge in [0.15, 0.2) is 0 Å². The first-order valence-electron chi connectivity index (χ1n) is 9.88. The zero-order valence-corrected chi connectivity index (χ0v) is 15.8. The molecule has 1 nitrogen and oxygen atoms in total. The smallest absolute Gasteiger partial charge is 0.143 e. The van der Waals surface area contributed by atoms with Crippen molar-refractivity contribution in [3.63, 3.8) is 0 Å². The van der Waals surface area contributed by atoms with Gasteiger partial charge in [0, 0.05) is 16.5 Å². The molecule has 4 aliphatic carbocycles. The topological polar surface area (TPSA) is 13.1 Å². The summed E-state index contributed by atoms with van der Waals surface area (Å²) in [6.07, 6.45) is 0. The first-order valence-corrected chi connectivity index (χ1v) is 9.88. The second kappa shape index (κ2) is 6.35. The second-order valence-corrected chi connectivity index (χ2v) is 7.36. The van der Waals surface area contributed by atoms with Gasteiger partial charge in [-0.05, 0) is 39.9 Å². The molecular formula is C28H18O. The van der Waals surface area contributed by atoms with Gasteiger partial charge in [0.25, 0.3) is 0 Å². The van der Waals surface area contributed by atoms with E-state index in [2.05, 4.69) is 103 Å². The third-order valence-electron chi connectivity index (χ3n) is 5.69. The molecule has 4 aliphatic rings. The van der Waals surface area contributed by atoms with E-state index in [9.17, 15) is 0 Å². The lowest BCUT2D eigenvalue weighted by Crippen LogP contribution is -1.81. The fourth-order valence-electron chi connectivity index (χ4n) is 4.35. The molecule has 29 heavy (non-hydrogen) atoms. The zero-order chi connectivity index (χ0) is 19.2. The highest BCUT2D eigenvalue weighted by molar-refractivity contribution is 6.07. The summed E-state index contributed by atoms with van der Waals surface area (Å²) in [7, 11) is 0. The van der Waals surface area contributed by atoms with Crippen molar-refractivity contribution in [1.29, 1.82) is 0 Å². The van der Waals surface area contributed by atoms with E-state index in [4.69, 9.17) is 4.42 Å². The molecule has 0 fully saturated rings. The SMILES string of the molecule is c1ccc2ccc(-c3oc4ccccc4c3-c3ccc4cccccc3-4)c-2cc1. The maximum absolute atomic E-state index is 6.48. The van der Waals surface area contributed by atoms with E-state index < -0.39 is 0 Å². The molecule has 1 aromatic carbocycles. The van der Waals surface area contributed by atoms with Crippen LogP contribution in [0, 0.1) is 0 Å². The Morgan fingerprint density at radius 1 is 0.414 bits per heavy atom. The average Bonchev–Trinajstić information content (AvgIpc) is 3.31. The molecule has 0 atom stereocenters. The average molecular weight is 370 g/mol. The standard InChI is InChI=1S/C28H18O/c1-3-9-19-15-17-23(21(19)11-5-1)27-25-13-7-8-14-26(25)29-28(27)24-18-16-20-10-4-2-6-12-22(20)24/h1-18H. The van der Waals surface area contributed by atoms with Crippen molar-refractivity contribution < 1.29 is 4.42 Å². The molecule has 0 amide bonds. The van der Waals surface area contributed by atoms with Gasteiger partial charge in [0.05, 0.1) is 0 Å². The van der Waals surface area contributed by atoms with Crippen molar-refractivity contribution >= 4 is 11.0 Å². The summed E-state index contributed by atoms with van der Waals surface area (Å²) in [5.74, 6) is 0.936. The predicted octanol–water partition coefficient (Wildman–Crippen LogP) is 7.98. The number of furan rings is 1. The molecule has 1 heteroatoms. The largest absolute Gasteiger partial charge is 0.455 e. The highest BCUT2D eigenvalue weighted by Gasteiger charge is 2.23. The molecule has 0 saturated heterocycles. The van der Waals surface area contributed by atoms with Crippen molar-refractivity contribution in [3.05, 3.63) is 109 Å². The summed E-state index contributed by atoms with van der Waals surface area (Å²) in [5.41, 5.74) is 9.33. The number of hydrogen-bond donors (Lipinski definition) is 0. The van der Waals surface area contributed by atoms with Gasteiger partial charge in [-0.1, -0.05) is 97.1 Å². The van der Waals surface area contributed by atoms with Crippen molar-refractivity contribution in [2.75, 3.05) is 0 Å². The van der Waals surface area contributed by atoms with E-state index in [1.165, 1.54) is 33.4 Å². The van der Waals surface area contributed by atoms with Gasteiger partial charge in [-0.2, -0.15) is 0 Å². The van der Waals surface area contributed by atoms with Crippen molar-refractivity contribution in [3.8, 4) is 44.7 Å². The van der Waals surface area contributed by atoms with Crippen LogP contribution in [-0.4, -0.2) is 0 Å². The number of fused-ring (bicyclic) bond motifs is 3. The van der Waals surface area contributed by atoms with Crippen LogP contribution in [0.15, 0.2) is 114 Å². The molecule has 2 aromatic rings. The van der Waals surface area contributed by atoms with Crippen LogP contribution >= 0.6 is 0 Å². The third kappa shape index (κ3) is 2.48. The maximum atomic E-state index is 6.48. The van der Waals surface area contributed by atoms with Crippen molar-refractivity contribution in [1.82, 2.24) is 0 Å². The Hall–Kier alpha value is -3.84. The molecule has 1 heterocycles. The minimum atomic E-state index is 0.918. The first-order chi connectivity index (χ1) is 14.4. The molecular weight excluding hydrogens is 352 g/mol. The van der Waals surface area contributed by atoms with E-state index in [-0.39, 0.29) is 0 Å². The number of para-hydroxylation sites is 1. The van der Waals surface area contributed by atoms with E-state index in [0.717, 1.165) is 22.3 Å². The Balaban J connectivity index is 1.69. The van der Waals surface area contributed by atoms with Crippen LogP contribution in [0.2, 0.25) is 0 Å². The minimum Gasteiger partial charge on any atom is -0.455 e. The second-order valence-electron chi connectivity index (χ2n) is 7.36. The van der Waals surface area contributed by atoms with Gasteiger partial charge in [0.1, 0.15) is 11.3 Å². The maximum Gasteiger partial charge on any atom is 0.143 e. The van der Waals surface area contributed by atoms with Gasteiger partial charge >= 0.3 is 0 Å². The summed E-state index contributed by atoms with van der Waals surface area (Å²) < 4.78 is 6.48. The van der Waals surface area contributed by atoms with Gasteiger partial charge in [-0.15, -0.1) is 0 Å². The molecule has 0 unspecified atom stereocenters. The molecule has 0 bridgehead atoms. The van der Waals surface area contributed by atoms with Crippen LogP contribution in [0.1, 0.15) is 0 Å². The summed E-state index contributed by atoms with van der Waals surface area (Å²) in [6.45, 7) is 0. The lowest BCUT2D eigenvalue weighted by atomic mass is 9.96. The summed E-state index contributed by atoms with van der Waals surface area (Å²) in [6, 6.07) is 38.3. The summed E-state index contributed by atoms with van der Waals surface area (Å²) >= 11 is 0. The monoisotopic (exact) mass is 370 g/mol. The summed E-state index contributed by atoms with van der Waals surface area (Å²) in [4.78, 5) is 0. The Morgan fingerprint density at radius 2 is 1.00 bits per heavy atom. The molecule has 0 radical (unpaired) electrons. The zero-order valence-electron chi connectivity index (χ0n) is 15.8. The molecule has 0 aliphatic heterocycles. The molecule has 6 rings (SSSR count). The van der Waals surface area contributed by atoms with Gasteiger partial charge in [-0.25, -0.2) is 0 Å². The van der Waals surface area contributed by atoms with Crippen LogP contribution in [0.5, 0.6) is 0 Å². The van der Waals surface area contributed by atoms with Gasteiger partial charge in [0.2, 0.25) is 0 Å². The number of hydrogen-bond acceptors (Lipinski definition) is 1. The minimum absolute atomic E-state index is 0.918. The van der Waals surface area contributed by atoms with Crippen LogP contribution in [0.4, 0.5) is 0 Å². The van der Waals surface area contributed by atoms with Crippen molar-refractivity contribution in [2.45, 2.75) is 0 Å². The Kier molecular flexibility index (Phi) is 3.54. The fraction of sp³-hybridized carbons (Fsp3) is 0. The molecule has 1 aromatic heterocycles. The van der Waals surface area contributed by atoms with Crippen molar-refractivity contribution in [2.24, 2.45) is 0 Å². The van der Waals surface area contributed by atoms with Crippen LogP contribution in [0.25, 0.3) is 55.7 Å². The highest BCUT2D eigenvalue weighted by atomic mass is 16.3. The van der Waals surface area contributed by atoms with E-state index >= 15 is 0 Å². The molecule has 0 saturated carbocycles. The van der Waals surface area contributed by atoms with Crippen LogP contribution in [0.3, 0.4) is 0 Å². The molecule has 0 spiro atoms. The Bertz CT molecular complexity index is 1400. The number of rotatable bonds is 2. The van der Waals surface area contributed by atoms with Gasteiger partial charge < -0.3 is 4.42 Å². The normalized spacial score (nSPS) is 11.4. The molecule has 0 N–H and O–H groups in total. The van der Waals surface area contributed by atoms with Crippen LogP contribution < -0.4 is 0 Å². The Morgan fingerprint density at radius 3 is 1.76 bits per heavy atom.